The summed E-state index contributed by atoms with van der Waals surface area (Å²) in [5.74, 6) is -4.96. The topological polar surface area (TPSA) is 113 Å². The molecule has 0 radical (unpaired) electrons. The Morgan fingerprint density at radius 1 is 0.846 bits per heavy atom. The highest BCUT2D eigenvalue weighted by Crippen LogP contribution is 2.14. The average Bonchev–Trinajstić information content (AvgIpc) is 2.62. The molecule has 26 heavy (non-hydrogen) atoms. The van der Waals surface area contributed by atoms with Crippen molar-refractivity contribution in [1.82, 2.24) is 0 Å². The molecule has 0 aliphatic rings. The maximum Gasteiger partial charge on any atom is 0.335 e. The maximum absolute atomic E-state index is 11.9. The van der Waals surface area contributed by atoms with Gasteiger partial charge in [-0.25, -0.2) is 4.79 Å². The number of carboxylic acids is 2. The Balaban J connectivity index is 2.18. The van der Waals surface area contributed by atoms with Gasteiger partial charge in [0.15, 0.2) is 0 Å². The molecule has 2 N–H and O–H groups in total. The van der Waals surface area contributed by atoms with Crippen molar-refractivity contribution in [3.8, 4) is 0 Å². The van der Waals surface area contributed by atoms with Crippen LogP contribution in [0.2, 0.25) is 0 Å². The van der Waals surface area contributed by atoms with E-state index in [1.807, 2.05) is 36.4 Å². The van der Waals surface area contributed by atoms with Crippen LogP contribution in [0.1, 0.15) is 24.0 Å². The minimum Gasteiger partial charge on any atom is -0.481 e. The lowest BCUT2D eigenvalue weighted by Crippen LogP contribution is -2.22. The fraction of sp³-hybridized carbons (Fsp3) is 0.158. The summed E-state index contributed by atoms with van der Waals surface area (Å²) < 4.78 is 0. The Morgan fingerprint density at radius 3 is 1.77 bits per heavy atom. The van der Waals surface area contributed by atoms with Crippen molar-refractivity contribution in [3.05, 3.63) is 71.8 Å². The predicted molar refractivity (Wildman–Crippen MR) is 92.6 cm³/mol. The Morgan fingerprint density at radius 2 is 1.35 bits per heavy atom. The summed E-state index contributed by atoms with van der Waals surface area (Å²) in [7, 11) is 0. The molecule has 0 heterocycles. The summed E-state index contributed by atoms with van der Waals surface area (Å²) >= 11 is 0. The molecule has 2 rings (SSSR count). The monoisotopic (exact) mass is 355 g/mol. The third kappa shape index (κ3) is 5.55. The van der Waals surface area contributed by atoms with Crippen LogP contribution >= 0.6 is 0 Å². The van der Waals surface area contributed by atoms with E-state index in [0.29, 0.717) is 16.8 Å². The molecule has 7 nitrogen and oxygen atoms in total. The minimum absolute atomic E-state index is 0.407. The van der Waals surface area contributed by atoms with Gasteiger partial charge in [0.1, 0.15) is 5.71 Å². The molecule has 0 saturated heterocycles. The molecular formula is C19H17NO6. The molecule has 2 aromatic rings. The first-order valence-corrected chi connectivity index (χ1v) is 7.80. The van der Waals surface area contributed by atoms with E-state index in [-0.39, 0.29) is 0 Å². The van der Waals surface area contributed by atoms with E-state index < -0.39 is 36.7 Å². The molecule has 0 fully saturated rings. The number of aliphatic carboxylic acids is 2. The van der Waals surface area contributed by atoms with Crippen molar-refractivity contribution in [3.63, 3.8) is 0 Å². The first-order chi connectivity index (χ1) is 12.5. The van der Waals surface area contributed by atoms with E-state index >= 15 is 0 Å². The second-order valence-electron chi connectivity index (χ2n) is 5.47. The molecule has 0 bridgehead atoms. The number of carbonyl (C=O) groups is 3. The number of benzene rings is 2. The van der Waals surface area contributed by atoms with Crippen LogP contribution in [0.15, 0.2) is 65.8 Å². The number of hydrogen-bond donors (Lipinski definition) is 2. The molecule has 1 unspecified atom stereocenters. The number of nitrogens with zero attached hydrogens (tertiary/aromatic N) is 1. The number of carbonyl (C=O) groups excluding carboxylic acids is 1. The zero-order chi connectivity index (χ0) is 18.9. The number of rotatable bonds is 8. The van der Waals surface area contributed by atoms with Gasteiger partial charge >= 0.3 is 17.9 Å². The Hall–Kier alpha value is -3.48. The zero-order valence-electron chi connectivity index (χ0n) is 13.7. The molecular weight excluding hydrogens is 338 g/mol. The summed E-state index contributed by atoms with van der Waals surface area (Å²) in [6, 6.07) is 18.1. The van der Waals surface area contributed by atoms with Gasteiger partial charge in [0.05, 0.1) is 18.8 Å². The van der Waals surface area contributed by atoms with Gasteiger partial charge in [-0.3, -0.25) is 9.59 Å². The second kappa shape index (κ2) is 9.12. The SMILES string of the molecule is O=C(O)CC(CC(=O)ON=C(c1ccccc1)c1ccccc1)C(=O)O. The van der Waals surface area contributed by atoms with Crippen molar-refractivity contribution in [1.29, 1.82) is 0 Å². The largest absolute Gasteiger partial charge is 0.481 e. The van der Waals surface area contributed by atoms with E-state index in [1.54, 1.807) is 24.3 Å². The number of carboxylic acid groups (broad SMARTS) is 2. The van der Waals surface area contributed by atoms with E-state index in [2.05, 4.69) is 5.16 Å². The summed E-state index contributed by atoms with van der Waals surface area (Å²) in [6.07, 6.45) is -1.25. The summed E-state index contributed by atoms with van der Waals surface area (Å²) in [6.45, 7) is 0. The normalized spacial score (nSPS) is 11.2. The van der Waals surface area contributed by atoms with Crippen LogP contribution in [0.3, 0.4) is 0 Å². The molecule has 0 spiro atoms. The molecule has 0 aromatic heterocycles. The standard InChI is InChI=1S/C19H17NO6/c21-16(22)11-15(19(24)25)12-17(23)26-20-18(13-7-3-1-4-8-13)14-9-5-2-6-10-14/h1-10,15H,11-12H2,(H,21,22)(H,24,25). The molecule has 7 heteroatoms. The second-order valence-corrected chi connectivity index (χ2v) is 5.47. The van der Waals surface area contributed by atoms with Crippen LogP contribution in [-0.4, -0.2) is 33.8 Å². The van der Waals surface area contributed by atoms with Crippen molar-refractivity contribution in [2.75, 3.05) is 0 Å². The van der Waals surface area contributed by atoms with Gasteiger partial charge in [0.25, 0.3) is 0 Å². The lowest BCUT2D eigenvalue weighted by molar-refractivity contribution is -0.154. The third-order valence-corrected chi connectivity index (χ3v) is 3.52. The van der Waals surface area contributed by atoms with E-state index in [9.17, 15) is 14.4 Å². The fourth-order valence-electron chi connectivity index (χ4n) is 2.26. The first kappa shape index (κ1) is 18.9. The number of oxime groups is 1. The summed E-state index contributed by atoms with van der Waals surface area (Å²) in [5, 5.41) is 21.6. The maximum atomic E-state index is 11.9. The van der Waals surface area contributed by atoms with Crippen LogP contribution < -0.4 is 0 Å². The van der Waals surface area contributed by atoms with Crippen molar-refractivity contribution in [2.45, 2.75) is 12.8 Å². The highest BCUT2D eigenvalue weighted by molar-refractivity contribution is 6.12. The van der Waals surface area contributed by atoms with Gasteiger partial charge in [-0.2, -0.15) is 0 Å². The van der Waals surface area contributed by atoms with Crippen LogP contribution in [0.5, 0.6) is 0 Å². The quantitative estimate of drug-likeness (QED) is 0.427. The minimum atomic E-state index is -1.38. The van der Waals surface area contributed by atoms with Gasteiger partial charge in [-0.05, 0) is 0 Å². The average molecular weight is 355 g/mol. The fourth-order valence-corrected chi connectivity index (χ4v) is 2.26. The van der Waals surface area contributed by atoms with Crippen LogP contribution in [-0.2, 0) is 19.2 Å². The van der Waals surface area contributed by atoms with Crippen molar-refractivity contribution in [2.24, 2.45) is 11.1 Å². The van der Waals surface area contributed by atoms with Gasteiger partial charge in [0, 0.05) is 11.1 Å². The number of hydrogen-bond acceptors (Lipinski definition) is 5. The Labute approximate surface area is 149 Å². The van der Waals surface area contributed by atoms with Crippen LogP contribution in [0.25, 0.3) is 0 Å². The molecule has 0 amide bonds. The predicted octanol–water partition coefficient (Wildman–Crippen LogP) is 2.55. The van der Waals surface area contributed by atoms with Crippen molar-refractivity contribution >= 4 is 23.6 Å². The van der Waals surface area contributed by atoms with Gasteiger partial charge in [-0.1, -0.05) is 65.8 Å². The Bertz CT molecular complexity index is 760. The molecule has 0 aliphatic carbocycles. The summed E-state index contributed by atoms with van der Waals surface area (Å²) in [4.78, 5) is 38.5. The lowest BCUT2D eigenvalue weighted by Gasteiger charge is -2.09. The lowest BCUT2D eigenvalue weighted by atomic mass is 10.0. The highest BCUT2D eigenvalue weighted by Gasteiger charge is 2.25. The molecule has 0 aliphatic heterocycles. The van der Waals surface area contributed by atoms with Crippen LogP contribution in [0.4, 0.5) is 0 Å². The van der Waals surface area contributed by atoms with Gasteiger partial charge in [0.2, 0.25) is 0 Å². The van der Waals surface area contributed by atoms with E-state index in [0.717, 1.165) is 0 Å². The van der Waals surface area contributed by atoms with Gasteiger partial charge in [-0.15, -0.1) is 0 Å². The molecule has 134 valence electrons. The van der Waals surface area contributed by atoms with E-state index in [1.165, 1.54) is 0 Å². The Kier molecular flexibility index (Phi) is 6.61. The van der Waals surface area contributed by atoms with Crippen LogP contribution in [0, 0.1) is 5.92 Å². The smallest absolute Gasteiger partial charge is 0.335 e. The molecule has 1 atom stereocenters. The van der Waals surface area contributed by atoms with Crippen molar-refractivity contribution < 1.29 is 29.4 Å². The molecule has 2 aromatic carbocycles. The molecule has 0 saturated carbocycles. The highest BCUT2D eigenvalue weighted by atomic mass is 16.7. The summed E-state index contributed by atoms with van der Waals surface area (Å²) in [5.41, 5.74) is 1.84. The third-order valence-electron chi connectivity index (χ3n) is 3.52. The van der Waals surface area contributed by atoms with E-state index in [4.69, 9.17) is 15.1 Å². The zero-order valence-corrected chi connectivity index (χ0v) is 13.7. The van der Waals surface area contributed by atoms with Gasteiger partial charge < -0.3 is 15.1 Å². The first-order valence-electron chi connectivity index (χ1n) is 7.80.